The topological polar surface area (TPSA) is 138 Å². The highest BCUT2D eigenvalue weighted by molar-refractivity contribution is 6.06. The molecule has 0 bridgehead atoms. The third kappa shape index (κ3) is 6.50. The van der Waals surface area contributed by atoms with Crippen LogP contribution in [0.25, 0.3) is 0 Å². The SMILES string of the molecule is COc1cc2c(c(OC)c1OC)C(=O)CC(c1cccc(NC(=O)c3cccc(NC(=O)[C@@H](N)Cc4ccccc4)c3)c1)O2. The van der Waals surface area contributed by atoms with Crippen LogP contribution in [0.3, 0.4) is 0 Å². The van der Waals surface area contributed by atoms with Crippen molar-refractivity contribution >= 4 is 29.0 Å². The molecule has 4 aromatic rings. The van der Waals surface area contributed by atoms with Gasteiger partial charge in [0.25, 0.3) is 5.91 Å². The van der Waals surface area contributed by atoms with E-state index in [-0.39, 0.29) is 29.8 Å². The maximum Gasteiger partial charge on any atom is 0.255 e. The second kappa shape index (κ2) is 13.3. The zero-order chi connectivity index (χ0) is 31.2. The van der Waals surface area contributed by atoms with E-state index in [4.69, 9.17) is 24.7 Å². The molecule has 2 amide bonds. The summed E-state index contributed by atoms with van der Waals surface area (Å²) in [5, 5.41) is 5.67. The van der Waals surface area contributed by atoms with Crippen molar-refractivity contribution in [2.45, 2.75) is 25.0 Å². The van der Waals surface area contributed by atoms with Crippen LogP contribution in [0.15, 0.2) is 84.9 Å². The Morgan fingerprint density at radius 2 is 1.57 bits per heavy atom. The number of ketones is 1. The van der Waals surface area contributed by atoms with Crippen molar-refractivity contribution in [1.29, 1.82) is 0 Å². The van der Waals surface area contributed by atoms with E-state index in [1.54, 1.807) is 48.5 Å². The van der Waals surface area contributed by atoms with Crippen LogP contribution in [0.5, 0.6) is 23.0 Å². The van der Waals surface area contributed by atoms with E-state index in [1.165, 1.54) is 21.3 Å². The molecule has 226 valence electrons. The van der Waals surface area contributed by atoms with Crippen LogP contribution >= 0.6 is 0 Å². The Balaban J connectivity index is 1.28. The summed E-state index contributed by atoms with van der Waals surface area (Å²) in [6.07, 6.45) is -0.154. The summed E-state index contributed by atoms with van der Waals surface area (Å²) in [6, 6.07) is 24.1. The van der Waals surface area contributed by atoms with Crippen molar-refractivity contribution in [2.75, 3.05) is 32.0 Å². The number of anilines is 2. The molecule has 4 aromatic carbocycles. The number of methoxy groups -OCH3 is 3. The molecule has 44 heavy (non-hydrogen) atoms. The first-order valence-electron chi connectivity index (χ1n) is 14.0. The number of carbonyl (C=O) groups is 3. The van der Waals surface area contributed by atoms with E-state index in [2.05, 4.69) is 10.6 Å². The lowest BCUT2D eigenvalue weighted by atomic mass is 9.94. The molecule has 2 atom stereocenters. The van der Waals surface area contributed by atoms with Crippen LogP contribution in [0.1, 0.15) is 44.4 Å². The standard InChI is InChI=1S/C34H33N3O7/c1-41-29-19-28-30(32(43-3)31(29)42-2)26(38)18-27(44-28)21-11-7-13-23(16-21)36-33(39)22-12-8-14-24(17-22)37-34(40)25(35)15-20-9-5-4-6-10-20/h4-14,16-17,19,25,27H,15,18,35H2,1-3H3,(H,36,39)(H,37,40)/t25-,27?/m0/s1. The fourth-order valence-corrected chi connectivity index (χ4v) is 5.10. The normalized spacial score (nSPS) is 14.5. The number of fused-ring (bicyclic) bond motifs is 1. The third-order valence-electron chi connectivity index (χ3n) is 7.26. The average Bonchev–Trinajstić information content (AvgIpc) is 3.04. The van der Waals surface area contributed by atoms with Gasteiger partial charge in [0.1, 0.15) is 17.4 Å². The summed E-state index contributed by atoms with van der Waals surface area (Å²) in [5.74, 6) is 0.351. The molecule has 0 saturated heterocycles. The number of Topliss-reactive ketones (excluding diaryl/α,β-unsaturated/α-hetero) is 1. The molecule has 0 spiro atoms. The predicted octanol–water partition coefficient (Wildman–Crippen LogP) is 5.18. The summed E-state index contributed by atoms with van der Waals surface area (Å²) in [5.41, 5.74) is 9.36. The Kier molecular flexibility index (Phi) is 9.11. The molecule has 1 aliphatic rings. The van der Waals surface area contributed by atoms with E-state index in [1.807, 2.05) is 36.4 Å². The molecule has 1 heterocycles. The van der Waals surface area contributed by atoms with E-state index in [9.17, 15) is 14.4 Å². The minimum absolute atomic E-state index is 0.0599. The highest BCUT2D eigenvalue weighted by Gasteiger charge is 2.34. The highest BCUT2D eigenvalue weighted by Crippen LogP contribution is 2.49. The minimum atomic E-state index is -0.748. The molecule has 0 saturated carbocycles. The molecule has 0 fully saturated rings. The van der Waals surface area contributed by atoms with Gasteiger partial charge in [0.05, 0.1) is 33.8 Å². The van der Waals surface area contributed by atoms with Gasteiger partial charge in [-0.15, -0.1) is 0 Å². The van der Waals surface area contributed by atoms with E-state index in [0.717, 1.165) is 5.56 Å². The first-order chi connectivity index (χ1) is 21.3. The minimum Gasteiger partial charge on any atom is -0.493 e. The van der Waals surface area contributed by atoms with Gasteiger partial charge in [0.15, 0.2) is 17.3 Å². The Morgan fingerprint density at radius 3 is 2.27 bits per heavy atom. The molecular weight excluding hydrogens is 562 g/mol. The van der Waals surface area contributed by atoms with Crippen LogP contribution in [-0.2, 0) is 11.2 Å². The van der Waals surface area contributed by atoms with Crippen molar-refractivity contribution in [3.63, 3.8) is 0 Å². The lowest BCUT2D eigenvalue weighted by molar-refractivity contribution is -0.117. The molecule has 0 aliphatic carbocycles. The summed E-state index contributed by atoms with van der Waals surface area (Å²) < 4.78 is 22.5. The van der Waals surface area contributed by atoms with Gasteiger partial charge in [-0.1, -0.05) is 48.5 Å². The number of hydrogen-bond acceptors (Lipinski definition) is 8. The van der Waals surface area contributed by atoms with E-state index in [0.29, 0.717) is 51.7 Å². The number of carbonyl (C=O) groups excluding carboxylic acids is 3. The zero-order valence-electron chi connectivity index (χ0n) is 24.6. The lowest BCUT2D eigenvalue weighted by Gasteiger charge is -2.28. The molecule has 5 rings (SSSR count). The van der Waals surface area contributed by atoms with Crippen LogP contribution in [0.2, 0.25) is 0 Å². The number of rotatable bonds is 10. The number of amides is 2. The van der Waals surface area contributed by atoms with Gasteiger partial charge in [-0.3, -0.25) is 14.4 Å². The fraction of sp³-hybridized carbons (Fsp3) is 0.206. The molecule has 1 aliphatic heterocycles. The maximum absolute atomic E-state index is 13.2. The first kappa shape index (κ1) is 30.1. The number of hydrogen-bond donors (Lipinski definition) is 3. The number of ether oxygens (including phenoxy) is 4. The second-order valence-electron chi connectivity index (χ2n) is 10.2. The zero-order valence-corrected chi connectivity index (χ0v) is 24.6. The molecule has 4 N–H and O–H groups in total. The quantitative estimate of drug-likeness (QED) is 0.228. The number of nitrogens with two attached hydrogens (primary N) is 1. The fourth-order valence-electron chi connectivity index (χ4n) is 5.10. The Labute approximate surface area is 255 Å². The molecule has 0 aromatic heterocycles. The highest BCUT2D eigenvalue weighted by atomic mass is 16.5. The molecular formula is C34H33N3O7. The predicted molar refractivity (Wildman–Crippen MR) is 166 cm³/mol. The van der Waals surface area contributed by atoms with Crippen molar-refractivity contribution < 1.29 is 33.3 Å². The Morgan fingerprint density at radius 1 is 0.864 bits per heavy atom. The van der Waals surface area contributed by atoms with Gasteiger partial charge in [0.2, 0.25) is 11.7 Å². The second-order valence-corrected chi connectivity index (χ2v) is 10.2. The third-order valence-corrected chi connectivity index (χ3v) is 7.26. The summed E-state index contributed by atoms with van der Waals surface area (Å²) in [7, 11) is 4.41. The van der Waals surface area contributed by atoms with Crippen molar-refractivity contribution in [1.82, 2.24) is 0 Å². The Bertz CT molecular complexity index is 1690. The Hall–Kier alpha value is -5.35. The van der Waals surface area contributed by atoms with Crippen molar-refractivity contribution in [3.8, 4) is 23.0 Å². The van der Waals surface area contributed by atoms with Crippen molar-refractivity contribution in [3.05, 3.63) is 107 Å². The van der Waals surface area contributed by atoms with Crippen LogP contribution in [-0.4, -0.2) is 45.0 Å². The smallest absolute Gasteiger partial charge is 0.255 e. The largest absolute Gasteiger partial charge is 0.493 e. The first-order valence-corrected chi connectivity index (χ1v) is 14.0. The lowest BCUT2D eigenvalue weighted by Crippen LogP contribution is -2.37. The van der Waals surface area contributed by atoms with Crippen LogP contribution in [0.4, 0.5) is 11.4 Å². The molecule has 10 nitrogen and oxygen atoms in total. The van der Waals surface area contributed by atoms with E-state index < -0.39 is 12.1 Å². The van der Waals surface area contributed by atoms with Gasteiger partial charge < -0.3 is 35.3 Å². The average molecular weight is 596 g/mol. The summed E-state index contributed by atoms with van der Waals surface area (Å²) >= 11 is 0. The number of benzene rings is 4. The maximum atomic E-state index is 13.2. The molecule has 10 heteroatoms. The molecule has 1 unspecified atom stereocenters. The van der Waals surface area contributed by atoms with Crippen molar-refractivity contribution in [2.24, 2.45) is 5.73 Å². The van der Waals surface area contributed by atoms with Crippen LogP contribution < -0.4 is 35.3 Å². The van der Waals surface area contributed by atoms with Crippen LogP contribution in [0, 0.1) is 0 Å². The van der Waals surface area contributed by atoms with Gasteiger partial charge in [-0.05, 0) is 47.9 Å². The van der Waals surface area contributed by atoms with Gasteiger partial charge in [0, 0.05) is 23.0 Å². The number of nitrogens with one attached hydrogen (secondary N) is 2. The monoisotopic (exact) mass is 595 g/mol. The van der Waals surface area contributed by atoms with Gasteiger partial charge in [-0.25, -0.2) is 0 Å². The summed E-state index contributed by atoms with van der Waals surface area (Å²) in [6.45, 7) is 0. The summed E-state index contributed by atoms with van der Waals surface area (Å²) in [4.78, 5) is 39.1. The van der Waals surface area contributed by atoms with E-state index >= 15 is 0 Å². The van der Waals surface area contributed by atoms with Gasteiger partial charge >= 0.3 is 0 Å². The molecule has 0 radical (unpaired) electrons. The van der Waals surface area contributed by atoms with Gasteiger partial charge in [-0.2, -0.15) is 0 Å².